The SMILES string of the molecule is COc1ccc(Br)cc1COc1ccc(C)cc1[C@H](C)N. The summed E-state index contributed by atoms with van der Waals surface area (Å²) in [6.45, 7) is 4.44. The quantitative estimate of drug-likeness (QED) is 0.871. The van der Waals surface area contributed by atoms with Crippen LogP contribution in [0.4, 0.5) is 0 Å². The second-order valence-electron chi connectivity index (χ2n) is 5.07. The lowest BCUT2D eigenvalue weighted by molar-refractivity contribution is 0.292. The van der Waals surface area contributed by atoms with Gasteiger partial charge in [0.1, 0.15) is 18.1 Å². The van der Waals surface area contributed by atoms with E-state index in [4.69, 9.17) is 15.2 Å². The van der Waals surface area contributed by atoms with Gasteiger partial charge in [0.2, 0.25) is 0 Å². The Morgan fingerprint density at radius 1 is 1.14 bits per heavy atom. The molecule has 0 aliphatic heterocycles. The zero-order valence-corrected chi connectivity index (χ0v) is 14.1. The Morgan fingerprint density at radius 3 is 2.52 bits per heavy atom. The van der Waals surface area contributed by atoms with Crippen molar-refractivity contribution in [3.8, 4) is 11.5 Å². The first-order chi connectivity index (χ1) is 10.0. The van der Waals surface area contributed by atoms with E-state index in [1.54, 1.807) is 7.11 Å². The molecule has 0 unspecified atom stereocenters. The molecule has 0 aliphatic rings. The fourth-order valence-corrected chi connectivity index (χ4v) is 2.58. The fraction of sp³-hybridized carbons (Fsp3) is 0.294. The molecule has 0 fully saturated rings. The molecule has 0 heterocycles. The van der Waals surface area contributed by atoms with Gasteiger partial charge in [-0.05, 0) is 38.1 Å². The zero-order chi connectivity index (χ0) is 15.4. The Kier molecular flexibility index (Phi) is 5.26. The summed E-state index contributed by atoms with van der Waals surface area (Å²) in [6.07, 6.45) is 0. The number of rotatable bonds is 5. The van der Waals surface area contributed by atoms with Gasteiger partial charge in [0.15, 0.2) is 0 Å². The molecule has 0 radical (unpaired) electrons. The summed E-state index contributed by atoms with van der Waals surface area (Å²) < 4.78 is 12.3. The fourth-order valence-electron chi connectivity index (χ4n) is 2.17. The maximum absolute atomic E-state index is 6.02. The molecule has 4 heteroatoms. The van der Waals surface area contributed by atoms with E-state index >= 15 is 0 Å². The Hall–Kier alpha value is -1.52. The van der Waals surface area contributed by atoms with Crippen molar-refractivity contribution in [2.45, 2.75) is 26.5 Å². The maximum atomic E-state index is 6.02. The number of halogens is 1. The van der Waals surface area contributed by atoms with Gasteiger partial charge in [-0.15, -0.1) is 0 Å². The molecule has 0 bridgehead atoms. The van der Waals surface area contributed by atoms with Crippen LogP contribution in [0, 0.1) is 6.92 Å². The van der Waals surface area contributed by atoms with E-state index in [1.165, 1.54) is 5.56 Å². The molecule has 2 rings (SSSR count). The van der Waals surface area contributed by atoms with Crippen LogP contribution in [0.3, 0.4) is 0 Å². The van der Waals surface area contributed by atoms with Crippen molar-refractivity contribution in [1.82, 2.24) is 0 Å². The van der Waals surface area contributed by atoms with Crippen LogP contribution in [-0.4, -0.2) is 7.11 Å². The lowest BCUT2D eigenvalue weighted by atomic mass is 10.1. The second-order valence-corrected chi connectivity index (χ2v) is 5.99. The van der Waals surface area contributed by atoms with E-state index in [1.807, 2.05) is 44.2 Å². The topological polar surface area (TPSA) is 44.5 Å². The summed E-state index contributed by atoms with van der Waals surface area (Å²) in [4.78, 5) is 0. The molecular weight excluding hydrogens is 330 g/mol. The molecule has 0 spiro atoms. The van der Waals surface area contributed by atoms with Gasteiger partial charge in [0, 0.05) is 21.6 Å². The first-order valence-corrected chi connectivity index (χ1v) is 7.62. The summed E-state index contributed by atoms with van der Waals surface area (Å²) in [5.41, 5.74) is 9.20. The molecule has 112 valence electrons. The van der Waals surface area contributed by atoms with E-state index in [2.05, 4.69) is 22.0 Å². The van der Waals surface area contributed by atoms with Crippen LogP contribution in [-0.2, 0) is 6.61 Å². The molecule has 0 saturated carbocycles. The van der Waals surface area contributed by atoms with E-state index in [0.717, 1.165) is 27.1 Å². The number of benzene rings is 2. The molecule has 0 amide bonds. The van der Waals surface area contributed by atoms with Crippen LogP contribution in [0.5, 0.6) is 11.5 Å². The average molecular weight is 350 g/mol. The first kappa shape index (κ1) is 15.9. The van der Waals surface area contributed by atoms with Crippen LogP contribution in [0.25, 0.3) is 0 Å². The van der Waals surface area contributed by atoms with Gasteiger partial charge in [0.25, 0.3) is 0 Å². The van der Waals surface area contributed by atoms with E-state index in [0.29, 0.717) is 6.61 Å². The summed E-state index contributed by atoms with van der Waals surface area (Å²) in [5, 5.41) is 0. The van der Waals surface area contributed by atoms with E-state index < -0.39 is 0 Å². The number of ether oxygens (including phenoxy) is 2. The summed E-state index contributed by atoms with van der Waals surface area (Å²) in [5.74, 6) is 1.63. The largest absolute Gasteiger partial charge is 0.496 e. The number of hydrogen-bond donors (Lipinski definition) is 1. The second kappa shape index (κ2) is 6.96. The van der Waals surface area contributed by atoms with Gasteiger partial charge in [-0.25, -0.2) is 0 Å². The van der Waals surface area contributed by atoms with Crippen molar-refractivity contribution >= 4 is 15.9 Å². The molecule has 2 aromatic carbocycles. The highest BCUT2D eigenvalue weighted by Crippen LogP contribution is 2.28. The third-order valence-corrected chi connectivity index (χ3v) is 3.77. The van der Waals surface area contributed by atoms with Crippen molar-refractivity contribution in [2.75, 3.05) is 7.11 Å². The highest BCUT2D eigenvalue weighted by molar-refractivity contribution is 9.10. The zero-order valence-electron chi connectivity index (χ0n) is 12.5. The average Bonchev–Trinajstić information content (AvgIpc) is 2.46. The molecule has 2 N–H and O–H groups in total. The molecule has 1 atom stereocenters. The molecule has 3 nitrogen and oxygen atoms in total. The highest BCUT2D eigenvalue weighted by Gasteiger charge is 2.10. The minimum absolute atomic E-state index is 0.0655. The lowest BCUT2D eigenvalue weighted by Gasteiger charge is -2.16. The first-order valence-electron chi connectivity index (χ1n) is 6.82. The maximum Gasteiger partial charge on any atom is 0.125 e. The van der Waals surface area contributed by atoms with Crippen LogP contribution in [0.1, 0.15) is 29.7 Å². The Morgan fingerprint density at radius 2 is 1.86 bits per heavy atom. The summed E-state index contributed by atoms with van der Waals surface area (Å²) in [6, 6.07) is 11.9. The van der Waals surface area contributed by atoms with Crippen LogP contribution >= 0.6 is 15.9 Å². The predicted octanol–water partition coefficient (Wildman–Crippen LogP) is 4.36. The van der Waals surface area contributed by atoms with Crippen molar-refractivity contribution in [2.24, 2.45) is 5.73 Å². The minimum Gasteiger partial charge on any atom is -0.496 e. The number of methoxy groups -OCH3 is 1. The van der Waals surface area contributed by atoms with Gasteiger partial charge < -0.3 is 15.2 Å². The van der Waals surface area contributed by atoms with Gasteiger partial charge in [0.05, 0.1) is 7.11 Å². The predicted molar refractivity (Wildman–Crippen MR) is 88.8 cm³/mol. The number of aryl methyl sites for hydroxylation is 1. The monoisotopic (exact) mass is 349 g/mol. The van der Waals surface area contributed by atoms with E-state index in [9.17, 15) is 0 Å². The highest BCUT2D eigenvalue weighted by atomic mass is 79.9. The van der Waals surface area contributed by atoms with Crippen molar-refractivity contribution in [1.29, 1.82) is 0 Å². The third-order valence-electron chi connectivity index (χ3n) is 3.28. The van der Waals surface area contributed by atoms with Gasteiger partial charge >= 0.3 is 0 Å². The number of nitrogens with two attached hydrogens (primary N) is 1. The molecule has 21 heavy (non-hydrogen) atoms. The Balaban J connectivity index is 2.22. The van der Waals surface area contributed by atoms with Crippen LogP contribution in [0.2, 0.25) is 0 Å². The molecule has 0 aromatic heterocycles. The van der Waals surface area contributed by atoms with Crippen molar-refractivity contribution < 1.29 is 9.47 Å². The molecular formula is C17H20BrNO2. The van der Waals surface area contributed by atoms with Crippen molar-refractivity contribution in [3.05, 3.63) is 57.6 Å². The standard InChI is InChI=1S/C17H20BrNO2/c1-11-4-6-17(15(8-11)12(2)19)21-10-13-9-14(18)5-7-16(13)20-3/h4-9,12H,10,19H2,1-3H3/t12-/m0/s1. The Labute approximate surface area is 134 Å². The normalized spacial score (nSPS) is 12.0. The Bertz CT molecular complexity index is 626. The molecule has 0 saturated heterocycles. The summed E-state index contributed by atoms with van der Waals surface area (Å²) >= 11 is 3.47. The number of hydrogen-bond acceptors (Lipinski definition) is 3. The lowest BCUT2D eigenvalue weighted by Crippen LogP contribution is -2.08. The van der Waals surface area contributed by atoms with Crippen molar-refractivity contribution in [3.63, 3.8) is 0 Å². The van der Waals surface area contributed by atoms with Gasteiger partial charge in [-0.1, -0.05) is 33.6 Å². The van der Waals surface area contributed by atoms with Gasteiger partial charge in [-0.3, -0.25) is 0 Å². The molecule has 2 aromatic rings. The smallest absolute Gasteiger partial charge is 0.125 e. The summed E-state index contributed by atoms with van der Waals surface area (Å²) in [7, 11) is 1.66. The molecule has 0 aliphatic carbocycles. The van der Waals surface area contributed by atoms with E-state index in [-0.39, 0.29) is 6.04 Å². The third kappa shape index (κ3) is 3.99. The van der Waals surface area contributed by atoms with Gasteiger partial charge in [-0.2, -0.15) is 0 Å². The van der Waals surface area contributed by atoms with Crippen LogP contribution < -0.4 is 15.2 Å². The van der Waals surface area contributed by atoms with Crippen LogP contribution in [0.15, 0.2) is 40.9 Å². The minimum atomic E-state index is -0.0655.